The van der Waals surface area contributed by atoms with Crippen molar-refractivity contribution in [3.8, 4) is 0 Å². The summed E-state index contributed by atoms with van der Waals surface area (Å²) in [5.74, 6) is -0.338. The lowest BCUT2D eigenvalue weighted by Crippen LogP contribution is -2.27. The fourth-order valence-electron chi connectivity index (χ4n) is 2.12. The topological polar surface area (TPSA) is 41.1 Å². The summed E-state index contributed by atoms with van der Waals surface area (Å²) in [6.45, 7) is 2.61. The first-order chi connectivity index (χ1) is 8.66. The van der Waals surface area contributed by atoms with Crippen molar-refractivity contribution in [1.29, 1.82) is 0 Å². The SMILES string of the molecule is O=C(NCCC1CCNC1)c1cc(Cl)ccc1F. The van der Waals surface area contributed by atoms with Crippen LogP contribution in [0.2, 0.25) is 5.02 Å². The zero-order chi connectivity index (χ0) is 13.0. The largest absolute Gasteiger partial charge is 0.352 e. The molecule has 1 amide bonds. The summed E-state index contributed by atoms with van der Waals surface area (Å²) in [6, 6.07) is 3.99. The minimum Gasteiger partial charge on any atom is -0.352 e. The van der Waals surface area contributed by atoms with Crippen molar-refractivity contribution in [1.82, 2.24) is 10.6 Å². The first kappa shape index (κ1) is 13.3. The molecular formula is C13H16ClFN2O. The lowest BCUT2D eigenvalue weighted by atomic mass is 10.1. The molecule has 1 saturated heterocycles. The van der Waals surface area contributed by atoms with Gasteiger partial charge < -0.3 is 10.6 Å². The molecule has 1 aliphatic rings. The summed E-state index contributed by atoms with van der Waals surface area (Å²) in [6.07, 6.45) is 2.06. The van der Waals surface area contributed by atoms with E-state index in [1.807, 2.05) is 0 Å². The van der Waals surface area contributed by atoms with E-state index in [-0.39, 0.29) is 5.56 Å². The Morgan fingerprint density at radius 1 is 1.56 bits per heavy atom. The second-order valence-electron chi connectivity index (χ2n) is 4.53. The third-order valence-electron chi connectivity index (χ3n) is 3.17. The van der Waals surface area contributed by atoms with Gasteiger partial charge >= 0.3 is 0 Å². The van der Waals surface area contributed by atoms with Gasteiger partial charge in [0.2, 0.25) is 0 Å². The Labute approximate surface area is 111 Å². The molecule has 98 valence electrons. The van der Waals surface area contributed by atoms with Crippen LogP contribution in [0.3, 0.4) is 0 Å². The molecule has 3 nitrogen and oxygen atoms in total. The Hall–Kier alpha value is -1.13. The van der Waals surface area contributed by atoms with Crippen LogP contribution >= 0.6 is 11.6 Å². The van der Waals surface area contributed by atoms with Crippen LogP contribution in [0.1, 0.15) is 23.2 Å². The normalized spacial score (nSPS) is 18.9. The van der Waals surface area contributed by atoms with Crippen molar-refractivity contribution in [2.75, 3.05) is 19.6 Å². The number of halogens is 2. The molecule has 1 heterocycles. The maximum atomic E-state index is 13.4. The van der Waals surface area contributed by atoms with Crippen molar-refractivity contribution in [3.63, 3.8) is 0 Å². The van der Waals surface area contributed by atoms with Crippen molar-refractivity contribution in [2.45, 2.75) is 12.8 Å². The number of nitrogens with one attached hydrogen (secondary N) is 2. The van der Waals surface area contributed by atoms with Crippen LogP contribution in [0.5, 0.6) is 0 Å². The van der Waals surface area contributed by atoms with Gasteiger partial charge in [0.15, 0.2) is 0 Å². The average molecular weight is 271 g/mol. The monoisotopic (exact) mass is 270 g/mol. The van der Waals surface area contributed by atoms with Gasteiger partial charge in [0, 0.05) is 11.6 Å². The molecule has 18 heavy (non-hydrogen) atoms. The summed E-state index contributed by atoms with van der Waals surface area (Å²) >= 11 is 5.74. The maximum absolute atomic E-state index is 13.4. The van der Waals surface area contributed by atoms with Gasteiger partial charge in [0.25, 0.3) is 5.91 Å². The molecule has 0 spiro atoms. The molecule has 1 aromatic carbocycles. The lowest BCUT2D eigenvalue weighted by Gasteiger charge is -2.10. The third kappa shape index (κ3) is 3.43. The summed E-state index contributed by atoms with van der Waals surface area (Å²) in [7, 11) is 0. The Kier molecular flexibility index (Phi) is 4.55. The molecule has 2 N–H and O–H groups in total. The Morgan fingerprint density at radius 2 is 2.39 bits per heavy atom. The number of benzene rings is 1. The van der Waals surface area contributed by atoms with E-state index in [1.165, 1.54) is 18.2 Å². The molecule has 0 bridgehead atoms. The second-order valence-corrected chi connectivity index (χ2v) is 4.96. The highest BCUT2D eigenvalue weighted by molar-refractivity contribution is 6.30. The second kappa shape index (κ2) is 6.16. The fourth-order valence-corrected chi connectivity index (χ4v) is 2.29. The van der Waals surface area contributed by atoms with E-state index in [4.69, 9.17) is 11.6 Å². The minimum absolute atomic E-state index is 0.00652. The highest BCUT2D eigenvalue weighted by Gasteiger charge is 2.15. The van der Waals surface area contributed by atoms with Crippen LogP contribution in [0.25, 0.3) is 0 Å². The van der Waals surface area contributed by atoms with Crippen LogP contribution in [0.4, 0.5) is 4.39 Å². The van der Waals surface area contributed by atoms with Gasteiger partial charge in [-0.05, 0) is 50.0 Å². The van der Waals surface area contributed by atoms with E-state index in [0.717, 1.165) is 25.9 Å². The highest BCUT2D eigenvalue weighted by Crippen LogP contribution is 2.15. The lowest BCUT2D eigenvalue weighted by molar-refractivity contribution is 0.0947. The molecule has 0 aliphatic carbocycles. The maximum Gasteiger partial charge on any atom is 0.254 e. The molecule has 1 unspecified atom stereocenters. The summed E-state index contributed by atoms with van der Waals surface area (Å²) in [5.41, 5.74) is 0.00652. The third-order valence-corrected chi connectivity index (χ3v) is 3.41. The average Bonchev–Trinajstić information content (AvgIpc) is 2.85. The molecule has 0 radical (unpaired) electrons. The van der Waals surface area contributed by atoms with Gasteiger partial charge in [0.05, 0.1) is 5.56 Å². The number of carbonyl (C=O) groups is 1. The molecule has 1 atom stereocenters. The number of carbonyl (C=O) groups excluding carboxylic acids is 1. The Bertz CT molecular complexity index is 433. The first-order valence-corrected chi connectivity index (χ1v) is 6.48. The van der Waals surface area contributed by atoms with Crippen molar-refractivity contribution < 1.29 is 9.18 Å². The van der Waals surface area contributed by atoms with E-state index in [9.17, 15) is 9.18 Å². The van der Waals surface area contributed by atoms with Gasteiger partial charge in [-0.1, -0.05) is 11.6 Å². The molecule has 0 aromatic heterocycles. The van der Waals surface area contributed by atoms with E-state index in [1.54, 1.807) is 0 Å². The first-order valence-electron chi connectivity index (χ1n) is 6.11. The van der Waals surface area contributed by atoms with Crippen LogP contribution < -0.4 is 10.6 Å². The van der Waals surface area contributed by atoms with E-state index in [0.29, 0.717) is 17.5 Å². The quantitative estimate of drug-likeness (QED) is 0.881. The van der Waals surface area contributed by atoms with Gasteiger partial charge in [-0.2, -0.15) is 0 Å². The van der Waals surface area contributed by atoms with Gasteiger partial charge in [-0.25, -0.2) is 4.39 Å². The number of rotatable bonds is 4. The van der Waals surface area contributed by atoms with Crippen molar-refractivity contribution in [3.05, 3.63) is 34.6 Å². The Morgan fingerprint density at radius 3 is 3.11 bits per heavy atom. The molecule has 1 fully saturated rings. The highest BCUT2D eigenvalue weighted by atomic mass is 35.5. The predicted octanol–water partition coefficient (Wildman–Crippen LogP) is 2.21. The molecule has 0 saturated carbocycles. The summed E-state index contributed by atoms with van der Waals surface area (Å²) < 4.78 is 13.4. The van der Waals surface area contributed by atoms with Gasteiger partial charge in [-0.15, -0.1) is 0 Å². The molecule has 2 rings (SSSR count). The smallest absolute Gasteiger partial charge is 0.254 e. The van der Waals surface area contributed by atoms with Crippen LogP contribution in [-0.4, -0.2) is 25.5 Å². The summed E-state index contributed by atoms with van der Waals surface area (Å²) in [4.78, 5) is 11.8. The van der Waals surface area contributed by atoms with Crippen LogP contribution in [0.15, 0.2) is 18.2 Å². The number of hydrogen-bond acceptors (Lipinski definition) is 2. The number of hydrogen-bond donors (Lipinski definition) is 2. The van der Waals surface area contributed by atoms with E-state index in [2.05, 4.69) is 10.6 Å². The fraction of sp³-hybridized carbons (Fsp3) is 0.462. The molecular weight excluding hydrogens is 255 g/mol. The standard InChI is InChI=1S/C13H16ClFN2O/c14-10-1-2-12(15)11(7-10)13(18)17-6-4-9-3-5-16-8-9/h1-2,7,9,16H,3-6,8H2,(H,17,18). The van der Waals surface area contributed by atoms with Crippen molar-refractivity contribution in [2.24, 2.45) is 5.92 Å². The minimum atomic E-state index is -0.542. The zero-order valence-corrected chi connectivity index (χ0v) is 10.8. The van der Waals surface area contributed by atoms with Crippen LogP contribution in [-0.2, 0) is 0 Å². The molecule has 1 aliphatic heterocycles. The van der Waals surface area contributed by atoms with E-state index >= 15 is 0 Å². The predicted molar refractivity (Wildman–Crippen MR) is 69.3 cm³/mol. The van der Waals surface area contributed by atoms with Crippen molar-refractivity contribution >= 4 is 17.5 Å². The van der Waals surface area contributed by atoms with Gasteiger partial charge in [-0.3, -0.25) is 4.79 Å². The molecule has 5 heteroatoms. The molecule has 1 aromatic rings. The summed E-state index contributed by atoms with van der Waals surface area (Å²) in [5, 5.41) is 6.36. The van der Waals surface area contributed by atoms with E-state index < -0.39 is 11.7 Å². The van der Waals surface area contributed by atoms with Crippen LogP contribution in [0, 0.1) is 11.7 Å². The van der Waals surface area contributed by atoms with Gasteiger partial charge in [0.1, 0.15) is 5.82 Å². The zero-order valence-electron chi connectivity index (χ0n) is 10.0. The number of amides is 1. The Balaban J connectivity index is 1.85.